The lowest BCUT2D eigenvalue weighted by atomic mass is 10.2. The summed E-state index contributed by atoms with van der Waals surface area (Å²) < 4.78 is 0. The van der Waals surface area contributed by atoms with Crippen LogP contribution >= 0.6 is 0 Å². The van der Waals surface area contributed by atoms with Gasteiger partial charge in [-0.25, -0.2) is 9.97 Å². The van der Waals surface area contributed by atoms with Gasteiger partial charge in [0, 0.05) is 44.1 Å². The molecule has 2 aromatic rings. The van der Waals surface area contributed by atoms with Crippen LogP contribution in [0.15, 0.2) is 30.5 Å². The first-order chi connectivity index (χ1) is 9.19. The molecule has 19 heavy (non-hydrogen) atoms. The van der Waals surface area contributed by atoms with Gasteiger partial charge in [-0.3, -0.25) is 4.98 Å². The Balaban J connectivity index is 2.03. The normalized spacial score (nSPS) is 10.5. The van der Waals surface area contributed by atoms with Crippen molar-refractivity contribution in [2.75, 3.05) is 18.5 Å². The van der Waals surface area contributed by atoms with E-state index >= 15 is 0 Å². The molecule has 0 aromatic carbocycles. The van der Waals surface area contributed by atoms with Gasteiger partial charge in [-0.1, -0.05) is 6.07 Å². The van der Waals surface area contributed by atoms with Crippen LogP contribution in [0.3, 0.4) is 0 Å². The summed E-state index contributed by atoms with van der Waals surface area (Å²) >= 11 is 0. The van der Waals surface area contributed by atoms with Gasteiger partial charge in [0.25, 0.3) is 0 Å². The van der Waals surface area contributed by atoms with E-state index in [4.69, 9.17) is 5.73 Å². The van der Waals surface area contributed by atoms with Crippen LogP contribution in [0, 0.1) is 6.92 Å². The molecule has 2 N–H and O–H groups in total. The third-order valence-electron chi connectivity index (χ3n) is 2.88. The van der Waals surface area contributed by atoms with Crippen LogP contribution in [0.5, 0.6) is 0 Å². The summed E-state index contributed by atoms with van der Waals surface area (Å²) in [6.45, 7) is 3.21. The van der Waals surface area contributed by atoms with Crippen molar-refractivity contribution in [2.45, 2.75) is 19.9 Å². The van der Waals surface area contributed by atoms with Crippen molar-refractivity contribution in [3.8, 4) is 0 Å². The summed E-state index contributed by atoms with van der Waals surface area (Å²) in [5.41, 5.74) is 8.51. The number of hydrogen-bond acceptors (Lipinski definition) is 5. The van der Waals surface area contributed by atoms with Gasteiger partial charge in [0.05, 0.1) is 5.69 Å². The molecule has 0 fully saturated rings. The topological polar surface area (TPSA) is 67.9 Å². The summed E-state index contributed by atoms with van der Waals surface area (Å²) in [5.74, 6) is 0.719. The molecule has 2 heterocycles. The lowest BCUT2D eigenvalue weighted by molar-refractivity contribution is 0.805. The molecule has 0 unspecified atom stereocenters. The average Bonchev–Trinajstić information content (AvgIpc) is 2.45. The Hall–Kier alpha value is -2.01. The molecule has 0 radical (unpaired) electrons. The van der Waals surface area contributed by atoms with Crippen LogP contribution in [0.25, 0.3) is 0 Å². The SMILES string of the molecule is Cc1cc(CN)nc(N(C)CCc2ccccn2)n1. The van der Waals surface area contributed by atoms with Crippen LogP contribution in [-0.4, -0.2) is 28.5 Å². The molecule has 0 saturated heterocycles. The number of nitrogens with two attached hydrogens (primary N) is 1. The van der Waals surface area contributed by atoms with Crippen LogP contribution in [0.1, 0.15) is 17.1 Å². The van der Waals surface area contributed by atoms with Gasteiger partial charge in [-0.05, 0) is 25.1 Å². The molecule has 0 bridgehead atoms. The highest BCUT2D eigenvalue weighted by Crippen LogP contribution is 2.09. The fourth-order valence-electron chi connectivity index (χ4n) is 1.82. The van der Waals surface area contributed by atoms with Gasteiger partial charge >= 0.3 is 0 Å². The molecule has 0 spiro atoms. The first kappa shape index (κ1) is 13.4. The van der Waals surface area contributed by atoms with E-state index in [9.17, 15) is 0 Å². The van der Waals surface area contributed by atoms with Crippen LogP contribution in [0.4, 0.5) is 5.95 Å². The maximum atomic E-state index is 5.63. The van der Waals surface area contributed by atoms with E-state index in [1.807, 2.05) is 49.3 Å². The minimum atomic E-state index is 0.435. The van der Waals surface area contributed by atoms with E-state index in [0.29, 0.717) is 6.54 Å². The maximum absolute atomic E-state index is 5.63. The lowest BCUT2D eigenvalue weighted by Crippen LogP contribution is -2.24. The number of likely N-dealkylation sites (N-methyl/N-ethyl adjacent to an activating group) is 1. The minimum absolute atomic E-state index is 0.435. The summed E-state index contributed by atoms with van der Waals surface area (Å²) in [6, 6.07) is 7.86. The predicted molar refractivity (Wildman–Crippen MR) is 75.9 cm³/mol. The number of rotatable bonds is 5. The number of anilines is 1. The molecule has 0 aliphatic heterocycles. The molecule has 5 heteroatoms. The molecule has 0 amide bonds. The zero-order valence-electron chi connectivity index (χ0n) is 11.4. The van der Waals surface area contributed by atoms with E-state index in [1.54, 1.807) is 0 Å². The smallest absolute Gasteiger partial charge is 0.225 e. The third-order valence-corrected chi connectivity index (χ3v) is 2.88. The molecule has 0 atom stereocenters. The molecule has 0 aliphatic rings. The summed E-state index contributed by atoms with van der Waals surface area (Å²) in [4.78, 5) is 15.2. The standard InChI is InChI=1S/C14H19N5/c1-11-9-13(10-15)18-14(17-11)19(2)8-6-12-5-3-4-7-16-12/h3-5,7,9H,6,8,10,15H2,1-2H3. The highest BCUT2D eigenvalue weighted by Gasteiger charge is 2.07. The van der Waals surface area contributed by atoms with Gasteiger partial charge < -0.3 is 10.6 Å². The minimum Gasteiger partial charge on any atom is -0.343 e. The second kappa shape index (κ2) is 6.24. The van der Waals surface area contributed by atoms with E-state index < -0.39 is 0 Å². The second-order valence-corrected chi connectivity index (χ2v) is 4.50. The van der Waals surface area contributed by atoms with Crippen molar-refractivity contribution in [3.05, 3.63) is 47.5 Å². The molecule has 2 rings (SSSR count). The quantitative estimate of drug-likeness (QED) is 0.875. The Morgan fingerprint density at radius 3 is 2.74 bits per heavy atom. The first-order valence-electron chi connectivity index (χ1n) is 6.34. The largest absolute Gasteiger partial charge is 0.343 e. The van der Waals surface area contributed by atoms with Crippen molar-refractivity contribution in [1.82, 2.24) is 15.0 Å². The highest BCUT2D eigenvalue weighted by molar-refractivity contribution is 5.31. The number of aromatic nitrogens is 3. The van der Waals surface area contributed by atoms with E-state index in [1.165, 1.54) is 0 Å². The van der Waals surface area contributed by atoms with Crippen molar-refractivity contribution >= 4 is 5.95 Å². The van der Waals surface area contributed by atoms with Gasteiger partial charge in [0.2, 0.25) is 5.95 Å². The predicted octanol–water partition coefficient (Wildman–Crippen LogP) is 1.32. The van der Waals surface area contributed by atoms with Gasteiger partial charge in [-0.15, -0.1) is 0 Å². The Morgan fingerprint density at radius 2 is 2.05 bits per heavy atom. The van der Waals surface area contributed by atoms with Gasteiger partial charge in [0.15, 0.2) is 0 Å². The van der Waals surface area contributed by atoms with Gasteiger partial charge in [0.1, 0.15) is 0 Å². The number of hydrogen-bond donors (Lipinski definition) is 1. The fourth-order valence-corrected chi connectivity index (χ4v) is 1.82. The molecule has 2 aromatic heterocycles. The zero-order chi connectivity index (χ0) is 13.7. The highest BCUT2D eigenvalue weighted by atomic mass is 15.2. The first-order valence-corrected chi connectivity index (χ1v) is 6.34. The van der Waals surface area contributed by atoms with Crippen molar-refractivity contribution in [1.29, 1.82) is 0 Å². The van der Waals surface area contributed by atoms with E-state index in [0.717, 1.165) is 36.0 Å². The van der Waals surface area contributed by atoms with E-state index in [-0.39, 0.29) is 0 Å². The summed E-state index contributed by atoms with van der Waals surface area (Å²) in [7, 11) is 1.98. The van der Waals surface area contributed by atoms with Crippen LogP contribution in [0.2, 0.25) is 0 Å². The van der Waals surface area contributed by atoms with Gasteiger partial charge in [-0.2, -0.15) is 0 Å². The average molecular weight is 257 g/mol. The zero-order valence-corrected chi connectivity index (χ0v) is 11.4. The number of aryl methyl sites for hydroxylation is 1. The Labute approximate surface area is 113 Å². The number of nitrogens with zero attached hydrogens (tertiary/aromatic N) is 4. The van der Waals surface area contributed by atoms with Crippen LogP contribution in [-0.2, 0) is 13.0 Å². The molecule has 5 nitrogen and oxygen atoms in total. The monoisotopic (exact) mass is 257 g/mol. The van der Waals surface area contributed by atoms with E-state index in [2.05, 4.69) is 15.0 Å². The second-order valence-electron chi connectivity index (χ2n) is 4.50. The Kier molecular flexibility index (Phi) is 4.41. The van der Waals surface area contributed by atoms with Crippen molar-refractivity contribution in [2.24, 2.45) is 5.73 Å². The lowest BCUT2D eigenvalue weighted by Gasteiger charge is -2.17. The summed E-state index contributed by atoms with van der Waals surface area (Å²) in [5, 5.41) is 0. The molecular weight excluding hydrogens is 238 g/mol. The van der Waals surface area contributed by atoms with Crippen LogP contribution < -0.4 is 10.6 Å². The molecule has 0 saturated carbocycles. The molecule has 100 valence electrons. The Bertz CT molecular complexity index is 527. The fraction of sp³-hybridized carbons (Fsp3) is 0.357. The maximum Gasteiger partial charge on any atom is 0.225 e. The number of pyridine rings is 1. The van der Waals surface area contributed by atoms with Crippen molar-refractivity contribution < 1.29 is 0 Å². The molecule has 0 aliphatic carbocycles. The van der Waals surface area contributed by atoms with Crippen molar-refractivity contribution in [3.63, 3.8) is 0 Å². The Morgan fingerprint density at radius 1 is 1.21 bits per heavy atom. The third kappa shape index (κ3) is 3.72. The molecular formula is C14H19N5. The summed E-state index contributed by atoms with van der Waals surface area (Å²) in [6.07, 6.45) is 2.68.